The maximum Gasteiger partial charge on any atom is 0.265 e. The Morgan fingerprint density at radius 2 is 2.05 bits per heavy atom. The molecule has 0 amide bonds. The Morgan fingerprint density at radius 3 is 2.80 bits per heavy atom. The Bertz CT molecular complexity index is 725. The molecule has 1 aromatic heterocycles. The van der Waals surface area contributed by atoms with Crippen molar-refractivity contribution in [3.8, 4) is 22.9 Å². The van der Waals surface area contributed by atoms with Crippen LogP contribution in [0.3, 0.4) is 0 Å². The molecule has 1 aliphatic heterocycles. The van der Waals surface area contributed by atoms with Gasteiger partial charge in [0.1, 0.15) is 10.3 Å². The minimum Gasteiger partial charge on any atom is -0.454 e. The van der Waals surface area contributed by atoms with Crippen molar-refractivity contribution in [3.05, 3.63) is 38.7 Å². The van der Waals surface area contributed by atoms with E-state index in [0.717, 1.165) is 11.3 Å². The van der Waals surface area contributed by atoms with Crippen molar-refractivity contribution in [1.29, 1.82) is 0 Å². The van der Waals surface area contributed by atoms with E-state index in [-0.39, 0.29) is 18.3 Å². The lowest BCUT2D eigenvalue weighted by Gasteiger charge is -2.09. The molecule has 0 saturated carbocycles. The Balaban J connectivity index is 2.13. The van der Waals surface area contributed by atoms with Crippen LogP contribution in [-0.2, 0) is 0 Å². The van der Waals surface area contributed by atoms with Gasteiger partial charge in [0, 0.05) is 5.56 Å². The number of hydrogen-bond donors (Lipinski definition) is 1. The van der Waals surface area contributed by atoms with Crippen LogP contribution in [0.2, 0.25) is 0 Å². The molecule has 2 heterocycles. The molecule has 0 unspecified atom stereocenters. The van der Waals surface area contributed by atoms with Crippen LogP contribution in [0.1, 0.15) is 25.5 Å². The van der Waals surface area contributed by atoms with E-state index >= 15 is 0 Å². The van der Waals surface area contributed by atoms with Crippen molar-refractivity contribution in [2.75, 3.05) is 6.79 Å². The summed E-state index contributed by atoms with van der Waals surface area (Å²) in [6.07, 6.45) is 0. The molecule has 0 fully saturated rings. The molecule has 3 rings (SSSR count). The second-order valence-corrected chi connectivity index (χ2v) is 5.63. The van der Waals surface area contributed by atoms with Gasteiger partial charge in [0.05, 0.1) is 5.69 Å². The number of fused-ring (bicyclic) bond motifs is 1. The van der Waals surface area contributed by atoms with Crippen LogP contribution in [0.15, 0.2) is 27.5 Å². The third kappa shape index (κ3) is 2.20. The normalized spacial score (nSPS) is 13.0. The summed E-state index contributed by atoms with van der Waals surface area (Å²) in [6.45, 7) is 4.21. The van der Waals surface area contributed by atoms with Crippen molar-refractivity contribution >= 4 is 15.9 Å². The Morgan fingerprint density at radius 1 is 1.30 bits per heavy atom. The number of H-pyrrole nitrogens is 1. The zero-order valence-electron chi connectivity index (χ0n) is 11.1. The van der Waals surface area contributed by atoms with E-state index < -0.39 is 0 Å². The van der Waals surface area contributed by atoms with E-state index in [1.54, 1.807) is 0 Å². The molecule has 0 saturated heterocycles. The smallest absolute Gasteiger partial charge is 0.265 e. The first-order valence-corrected chi connectivity index (χ1v) is 7.05. The van der Waals surface area contributed by atoms with E-state index in [9.17, 15) is 4.79 Å². The predicted molar refractivity (Wildman–Crippen MR) is 78.2 cm³/mol. The Kier molecular flexibility index (Phi) is 3.25. The van der Waals surface area contributed by atoms with Crippen molar-refractivity contribution in [2.24, 2.45) is 0 Å². The predicted octanol–water partition coefficient (Wildman–Crippen LogP) is 3.05. The van der Waals surface area contributed by atoms with E-state index in [1.807, 2.05) is 32.0 Å². The van der Waals surface area contributed by atoms with E-state index in [0.29, 0.717) is 21.8 Å². The van der Waals surface area contributed by atoms with Crippen LogP contribution < -0.4 is 15.0 Å². The zero-order chi connectivity index (χ0) is 14.3. The van der Waals surface area contributed by atoms with E-state index in [4.69, 9.17) is 9.47 Å². The highest BCUT2D eigenvalue weighted by Crippen LogP contribution is 2.35. The minimum atomic E-state index is -0.184. The van der Waals surface area contributed by atoms with Gasteiger partial charge in [-0.3, -0.25) is 4.79 Å². The van der Waals surface area contributed by atoms with Gasteiger partial charge in [-0.05, 0) is 40.0 Å². The standard InChI is InChI=1S/C14H13BrN2O3/c1-7(2)12-11(15)14(18)17-13(16-12)8-3-4-9-10(5-8)20-6-19-9/h3-5,7H,6H2,1-2H3,(H,16,17,18). The number of hydrogen-bond acceptors (Lipinski definition) is 4. The van der Waals surface area contributed by atoms with Crippen molar-refractivity contribution < 1.29 is 9.47 Å². The monoisotopic (exact) mass is 336 g/mol. The second-order valence-electron chi connectivity index (χ2n) is 4.84. The van der Waals surface area contributed by atoms with Crippen LogP contribution in [0.25, 0.3) is 11.4 Å². The molecule has 104 valence electrons. The molecule has 5 nitrogen and oxygen atoms in total. The number of aromatic amines is 1. The van der Waals surface area contributed by atoms with Gasteiger partial charge in [0.2, 0.25) is 6.79 Å². The fourth-order valence-electron chi connectivity index (χ4n) is 2.04. The molecular formula is C14H13BrN2O3. The van der Waals surface area contributed by atoms with Crippen molar-refractivity contribution in [1.82, 2.24) is 9.97 Å². The zero-order valence-corrected chi connectivity index (χ0v) is 12.7. The van der Waals surface area contributed by atoms with E-state index in [2.05, 4.69) is 25.9 Å². The van der Waals surface area contributed by atoms with Gasteiger partial charge in [-0.25, -0.2) is 4.98 Å². The summed E-state index contributed by atoms with van der Waals surface area (Å²) in [6, 6.07) is 5.48. The highest BCUT2D eigenvalue weighted by Gasteiger charge is 2.17. The lowest BCUT2D eigenvalue weighted by atomic mass is 10.1. The fourth-order valence-corrected chi connectivity index (χ4v) is 2.68. The van der Waals surface area contributed by atoms with Gasteiger partial charge >= 0.3 is 0 Å². The fraction of sp³-hybridized carbons (Fsp3) is 0.286. The third-order valence-electron chi connectivity index (χ3n) is 3.08. The first-order valence-electron chi connectivity index (χ1n) is 6.26. The van der Waals surface area contributed by atoms with Gasteiger partial charge in [-0.1, -0.05) is 13.8 Å². The van der Waals surface area contributed by atoms with Crippen molar-refractivity contribution in [2.45, 2.75) is 19.8 Å². The molecule has 0 atom stereocenters. The summed E-state index contributed by atoms with van der Waals surface area (Å²) >= 11 is 3.29. The lowest BCUT2D eigenvalue weighted by Crippen LogP contribution is -2.14. The van der Waals surface area contributed by atoms with Crippen LogP contribution in [-0.4, -0.2) is 16.8 Å². The molecule has 0 bridgehead atoms. The number of nitrogens with one attached hydrogen (secondary N) is 1. The van der Waals surface area contributed by atoms with Gasteiger partial charge in [0.25, 0.3) is 5.56 Å². The van der Waals surface area contributed by atoms with Crippen LogP contribution in [0.4, 0.5) is 0 Å². The summed E-state index contributed by atoms with van der Waals surface area (Å²) < 4.78 is 11.1. The largest absolute Gasteiger partial charge is 0.454 e. The average Bonchev–Trinajstić information content (AvgIpc) is 2.88. The van der Waals surface area contributed by atoms with Gasteiger partial charge < -0.3 is 14.5 Å². The molecule has 20 heavy (non-hydrogen) atoms. The van der Waals surface area contributed by atoms with Crippen LogP contribution >= 0.6 is 15.9 Å². The summed E-state index contributed by atoms with van der Waals surface area (Å²) in [5, 5.41) is 0. The van der Waals surface area contributed by atoms with Crippen LogP contribution in [0, 0.1) is 0 Å². The SMILES string of the molecule is CC(C)c1nc(-c2ccc3c(c2)OCO3)[nH]c(=O)c1Br. The quantitative estimate of drug-likeness (QED) is 0.915. The molecule has 1 aliphatic rings. The molecule has 0 radical (unpaired) electrons. The second kappa shape index (κ2) is 4.94. The summed E-state index contributed by atoms with van der Waals surface area (Å²) in [4.78, 5) is 19.3. The average molecular weight is 337 g/mol. The van der Waals surface area contributed by atoms with Gasteiger partial charge in [-0.15, -0.1) is 0 Å². The van der Waals surface area contributed by atoms with Gasteiger partial charge in [0.15, 0.2) is 11.5 Å². The van der Waals surface area contributed by atoms with Crippen molar-refractivity contribution in [3.63, 3.8) is 0 Å². The molecule has 1 N–H and O–H groups in total. The summed E-state index contributed by atoms with van der Waals surface area (Å²) in [5.74, 6) is 2.05. The summed E-state index contributed by atoms with van der Waals surface area (Å²) in [5.41, 5.74) is 1.35. The maximum absolute atomic E-state index is 12.0. The third-order valence-corrected chi connectivity index (χ3v) is 3.85. The lowest BCUT2D eigenvalue weighted by molar-refractivity contribution is 0.174. The molecule has 6 heteroatoms. The molecular weight excluding hydrogens is 324 g/mol. The number of halogens is 1. The minimum absolute atomic E-state index is 0.152. The Labute approximate surface area is 124 Å². The number of benzene rings is 1. The maximum atomic E-state index is 12.0. The highest BCUT2D eigenvalue weighted by molar-refractivity contribution is 9.10. The van der Waals surface area contributed by atoms with E-state index in [1.165, 1.54) is 0 Å². The topological polar surface area (TPSA) is 64.2 Å². The summed E-state index contributed by atoms with van der Waals surface area (Å²) in [7, 11) is 0. The number of ether oxygens (including phenoxy) is 2. The number of rotatable bonds is 2. The molecule has 1 aromatic carbocycles. The number of aromatic nitrogens is 2. The highest BCUT2D eigenvalue weighted by atomic mass is 79.9. The number of nitrogens with zero attached hydrogens (tertiary/aromatic N) is 1. The first-order chi connectivity index (χ1) is 9.56. The Hall–Kier alpha value is -1.82. The first kappa shape index (κ1) is 13.2. The molecule has 0 spiro atoms. The molecule has 2 aromatic rings. The van der Waals surface area contributed by atoms with Gasteiger partial charge in [-0.2, -0.15) is 0 Å². The molecule has 0 aliphatic carbocycles. The van der Waals surface area contributed by atoms with Crippen LogP contribution in [0.5, 0.6) is 11.5 Å².